The highest BCUT2D eigenvalue weighted by Crippen LogP contribution is 2.13. The zero-order valence-corrected chi connectivity index (χ0v) is 8.57. The van der Waals surface area contributed by atoms with Crippen LogP contribution < -0.4 is 11.3 Å². The number of aryl methyl sites for hydroxylation is 1. The lowest BCUT2D eigenvalue weighted by atomic mass is 10.1. The van der Waals surface area contributed by atoms with Crippen molar-refractivity contribution in [3.05, 3.63) is 21.7 Å². The summed E-state index contributed by atoms with van der Waals surface area (Å²) in [5.41, 5.74) is 6.07. The van der Waals surface area contributed by atoms with Gasteiger partial charge in [-0.1, -0.05) is 0 Å². The van der Waals surface area contributed by atoms with Crippen molar-refractivity contribution in [2.24, 2.45) is 0 Å². The second-order valence-electron chi connectivity index (χ2n) is 3.78. The lowest BCUT2D eigenvalue weighted by molar-refractivity contribution is 0.298. The van der Waals surface area contributed by atoms with Gasteiger partial charge in [0.25, 0.3) is 5.56 Å². The van der Waals surface area contributed by atoms with Gasteiger partial charge >= 0.3 is 0 Å². The van der Waals surface area contributed by atoms with Crippen LogP contribution in [-0.2, 0) is 19.4 Å². The van der Waals surface area contributed by atoms with E-state index >= 15 is 0 Å². The highest BCUT2D eigenvalue weighted by atomic mass is 16.3. The molecule has 1 aliphatic rings. The average molecular weight is 209 g/mol. The van der Waals surface area contributed by atoms with E-state index in [1.807, 2.05) is 0 Å². The van der Waals surface area contributed by atoms with Gasteiger partial charge in [0.05, 0.1) is 5.56 Å². The van der Waals surface area contributed by atoms with E-state index in [9.17, 15) is 4.79 Å². The molecule has 0 unspecified atom stereocenters. The molecule has 0 radical (unpaired) electrons. The second kappa shape index (κ2) is 4.02. The molecule has 1 aromatic heterocycles. The Labute approximate surface area is 87.6 Å². The Morgan fingerprint density at radius 3 is 3.00 bits per heavy atom. The van der Waals surface area contributed by atoms with Crippen LogP contribution in [0.2, 0.25) is 0 Å². The van der Waals surface area contributed by atoms with Gasteiger partial charge in [0.2, 0.25) is 0 Å². The van der Waals surface area contributed by atoms with Crippen LogP contribution in [0.3, 0.4) is 0 Å². The van der Waals surface area contributed by atoms with E-state index in [1.54, 1.807) is 4.57 Å². The molecule has 0 amide bonds. The van der Waals surface area contributed by atoms with Crippen LogP contribution in [0, 0.1) is 0 Å². The first-order valence-electron chi connectivity index (χ1n) is 5.23. The minimum Gasteiger partial charge on any atom is -0.396 e. The summed E-state index contributed by atoms with van der Waals surface area (Å²) >= 11 is 0. The normalized spacial score (nSPS) is 15.0. The third-order valence-electron chi connectivity index (χ3n) is 2.77. The van der Waals surface area contributed by atoms with Gasteiger partial charge in [0, 0.05) is 26.0 Å². The van der Waals surface area contributed by atoms with Crippen molar-refractivity contribution in [1.82, 2.24) is 9.55 Å². The fraction of sp³-hybridized carbons (Fsp3) is 0.600. The lowest BCUT2D eigenvalue weighted by Gasteiger charge is -2.18. The lowest BCUT2D eigenvalue weighted by Crippen LogP contribution is -2.32. The number of fused-ring (bicyclic) bond motifs is 1. The molecule has 0 fully saturated rings. The average Bonchev–Trinajstić information content (AvgIpc) is 2.24. The first-order chi connectivity index (χ1) is 7.24. The largest absolute Gasteiger partial charge is 0.396 e. The van der Waals surface area contributed by atoms with Crippen LogP contribution in [0.1, 0.15) is 24.2 Å². The quantitative estimate of drug-likeness (QED) is 0.700. The van der Waals surface area contributed by atoms with Crippen LogP contribution in [0.4, 0.5) is 5.82 Å². The van der Waals surface area contributed by atoms with E-state index < -0.39 is 0 Å². The molecule has 0 saturated carbocycles. The monoisotopic (exact) mass is 209 g/mol. The highest BCUT2D eigenvalue weighted by Gasteiger charge is 2.16. The molecule has 5 nitrogen and oxygen atoms in total. The summed E-state index contributed by atoms with van der Waals surface area (Å²) in [6.07, 6.45) is 3.18. The minimum atomic E-state index is -0.0775. The summed E-state index contributed by atoms with van der Waals surface area (Å²) in [6.45, 7) is 0.653. The van der Waals surface area contributed by atoms with Gasteiger partial charge in [-0.25, -0.2) is 4.98 Å². The molecule has 82 valence electrons. The van der Waals surface area contributed by atoms with E-state index in [4.69, 9.17) is 10.8 Å². The van der Waals surface area contributed by atoms with E-state index in [0.717, 1.165) is 31.6 Å². The second-order valence-corrected chi connectivity index (χ2v) is 3.78. The van der Waals surface area contributed by atoms with Gasteiger partial charge < -0.3 is 10.8 Å². The number of hydrogen-bond donors (Lipinski definition) is 2. The number of rotatable bonds is 2. The number of hydrogen-bond acceptors (Lipinski definition) is 4. The van der Waals surface area contributed by atoms with Crippen molar-refractivity contribution >= 4 is 5.82 Å². The van der Waals surface area contributed by atoms with Gasteiger partial charge in [-0.05, 0) is 12.8 Å². The zero-order chi connectivity index (χ0) is 10.8. The number of nitrogens with two attached hydrogens (primary N) is 1. The van der Waals surface area contributed by atoms with Crippen molar-refractivity contribution in [1.29, 1.82) is 0 Å². The maximum atomic E-state index is 12.0. The molecule has 0 aromatic carbocycles. The van der Waals surface area contributed by atoms with Crippen molar-refractivity contribution in [3.63, 3.8) is 0 Å². The molecule has 0 spiro atoms. The Morgan fingerprint density at radius 2 is 2.27 bits per heavy atom. The molecular weight excluding hydrogens is 194 g/mol. The Kier molecular flexibility index (Phi) is 2.73. The molecule has 2 rings (SSSR count). The van der Waals surface area contributed by atoms with Gasteiger partial charge in [0.1, 0.15) is 11.6 Å². The molecule has 15 heavy (non-hydrogen) atoms. The molecule has 0 aliphatic carbocycles. The molecule has 1 aromatic rings. The summed E-state index contributed by atoms with van der Waals surface area (Å²) in [5.74, 6) is 1.06. The molecule has 0 saturated heterocycles. The third-order valence-corrected chi connectivity index (χ3v) is 2.77. The highest BCUT2D eigenvalue weighted by molar-refractivity contribution is 5.38. The SMILES string of the molecule is Nc1nc2n(c(=O)c1CCO)CCCC2. The standard InChI is InChI=1S/C10H15N3O2/c11-9-7(4-6-14)10(15)13-5-2-1-3-8(13)12-9/h14H,1-6,11H2. The fourth-order valence-electron chi connectivity index (χ4n) is 1.98. The van der Waals surface area contributed by atoms with Gasteiger partial charge in [-0.2, -0.15) is 0 Å². The molecule has 2 heterocycles. The fourth-order valence-corrected chi connectivity index (χ4v) is 1.98. The van der Waals surface area contributed by atoms with Crippen molar-refractivity contribution < 1.29 is 5.11 Å². The Morgan fingerprint density at radius 1 is 1.47 bits per heavy atom. The maximum Gasteiger partial charge on any atom is 0.258 e. The summed E-state index contributed by atoms with van der Waals surface area (Å²) in [5, 5.41) is 8.84. The van der Waals surface area contributed by atoms with Crippen molar-refractivity contribution in [2.75, 3.05) is 12.3 Å². The maximum absolute atomic E-state index is 12.0. The molecule has 0 atom stereocenters. The Hall–Kier alpha value is -1.36. The van der Waals surface area contributed by atoms with E-state index in [-0.39, 0.29) is 24.4 Å². The molecule has 0 bridgehead atoms. The minimum absolute atomic E-state index is 0.0690. The number of aliphatic hydroxyl groups is 1. The number of nitrogens with zero attached hydrogens (tertiary/aromatic N) is 2. The first-order valence-corrected chi connectivity index (χ1v) is 5.23. The first kappa shape index (κ1) is 10.2. The number of nitrogen functional groups attached to an aromatic ring is 1. The molecule has 5 heteroatoms. The van der Waals surface area contributed by atoms with Crippen LogP contribution >= 0.6 is 0 Å². The van der Waals surface area contributed by atoms with Gasteiger partial charge in [-0.3, -0.25) is 9.36 Å². The number of aromatic nitrogens is 2. The topological polar surface area (TPSA) is 81.1 Å². The Balaban J connectivity index is 2.54. The number of aliphatic hydroxyl groups excluding tert-OH is 1. The van der Waals surface area contributed by atoms with E-state index in [0.29, 0.717) is 5.56 Å². The summed E-state index contributed by atoms with van der Waals surface area (Å²) < 4.78 is 1.69. The Bertz CT molecular complexity index is 425. The van der Waals surface area contributed by atoms with Crippen LogP contribution in [-0.4, -0.2) is 21.3 Å². The number of anilines is 1. The molecular formula is C10H15N3O2. The summed E-state index contributed by atoms with van der Waals surface area (Å²) in [6, 6.07) is 0. The van der Waals surface area contributed by atoms with Crippen LogP contribution in [0.5, 0.6) is 0 Å². The van der Waals surface area contributed by atoms with Crippen LogP contribution in [0.15, 0.2) is 4.79 Å². The van der Waals surface area contributed by atoms with E-state index in [2.05, 4.69) is 4.98 Å². The predicted octanol–water partition coefficient (Wildman–Crippen LogP) is -0.303. The van der Waals surface area contributed by atoms with Gasteiger partial charge in [-0.15, -0.1) is 0 Å². The smallest absolute Gasteiger partial charge is 0.258 e. The van der Waals surface area contributed by atoms with E-state index in [1.165, 1.54) is 0 Å². The predicted molar refractivity (Wildman–Crippen MR) is 56.6 cm³/mol. The van der Waals surface area contributed by atoms with Crippen LogP contribution in [0.25, 0.3) is 0 Å². The van der Waals surface area contributed by atoms with Crippen molar-refractivity contribution in [2.45, 2.75) is 32.2 Å². The summed E-state index contributed by atoms with van der Waals surface area (Å²) in [7, 11) is 0. The molecule has 3 N–H and O–H groups in total. The molecule has 1 aliphatic heterocycles. The third kappa shape index (κ3) is 1.74. The zero-order valence-electron chi connectivity index (χ0n) is 8.57. The van der Waals surface area contributed by atoms with Gasteiger partial charge in [0.15, 0.2) is 0 Å². The summed E-state index contributed by atoms with van der Waals surface area (Å²) in [4.78, 5) is 16.2. The van der Waals surface area contributed by atoms with Crippen molar-refractivity contribution in [3.8, 4) is 0 Å².